The second-order valence-corrected chi connectivity index (χ2v) is 3.09. The molecule has 0 aromatic carbocycles. The van der Waals surface area contributed by atoms with E-state index in [1.54, 1.807) is 13.1 Å². The summed E-state index contributed by atoms with van der Waals surface area (Å²) in [5.74, 6) is 1.07. The smallest absolute Gasteiger partial charge is 0.108 e. The number of aliphatic hydroxyl groups excluding tert-OH is 1. The Morgan fingerprint density at radius 1 is 1.67 bits per heavy atom. The Hall–Kier alpha value is -0.830. The predicted molar refractivity (Wildman–Crippen MR) is 47.9 cm³/mol. The van der Waals surface area contributed by atoms with Gasteiger partial charge in [0.2, 0.25) is 0 Å². The highest BCUT2D eigenvalue weighted by atomic mass is 16.3. The highest BCUT2D eigenvalue weighted by Crippen LogP contribution is 2.02. The van der Waals surface area contributed by atoms with E-state index in [4.69, 9.17) is 5.11 Å². The summed E-state index contributed by atoms with van der Waals surface area (Å²) in [4.78, 5) is 4.21. The molecule has 0 saturated carbocycles. The zero-order valence-corrected chi connectivity index (χ0v) is 7.70. The Bertz CT molecular complexity index is 230. The lowest BCUT2D eigenvalue weighted by atomic mass is 10.3. The Morgan fingerprint density at radius 2 is 2.42 bits per heavy atom. The minimum absolute atomic E-state index is 0.296. The van der Waals surface area contributed by atoms with Gasteiger partial charge in [-0.3, -0.25) is 0 Å². The molecule has 1 aromatic heterocycles. The Balaban J connectivity index is 2.63. The average molecular weight is 168 g/mol. The maximum atomic E-state index is 9.17. The van der Waals surface area contributed by atoms with Gasteiger partial charge in [0, 0.05) is 25.4 Å². The van der Waals surface area contributed by atoms with Crippen LogP contribution in [0.3, 0.4) is 0 Å². The third-order valence-corrected chi connectivity index (χ3v) is 1.74. The van der Waals surface area contributed by atoms with Crippen molar-refractivity contribution in [3.05, 3.63) is 18.2 Å². The van der Waals surface area contributed by atoms with E-state index < -0.39 is 0 Å². The van der Waals surface area contributed by atoms with Gasteiger partial charge in [-0.1, -0.05) is 6.92 Å². The van der Waals surface area contributed by atoms with Crippen LogP contribution in [-0.2, 0) is 13.0 Å². The second-order valence-electron chi connectivity index (χ2n) is 3.09. The normalized spacial score (nSPS) is 13.2. The molecule has 0 aliphatic heterocycles. The lowest BCUT2D eigenvalue weighted by molar-refractivity contribution is 0.172. The van der Waals surface area contributed by atoms with E-state index in [9.17, 15) is 0 Å². The molecule has 1 atom stereocenters. The van der Waals surface area contributed by atoms with E-state index in [2.05, 4.69) is 11.9 Å². The van der Waals surface area contributed by atoms with Gasteiger partial charge in [0.25, 0.3) is 0 Å². The number of nitrogens with zero attached hydrogens (tertiary/aromatic N) is 2. The lowest BCUT2D eigenvalue weighted by Crippen LogP contribution is -2.13. The van der Waals surface area contributed by atoms with Gasteiger partial charge in [-0.05, 0) is 13.3 Å². The van der Waals surface area contributed by atoms with Crippen molar-refractivity contribution in [1.29, 1.82) is 0 Å². The van der Waals surface area contributed by atoms with Crippen LogP contribution in [0.5, 0.6) is 0 Å². The highest BCUT2D eigenvalue weighted by molar-refractivity contribution is 4.92. The third kappa shape index (κ3) is 2.34. The Kier molecular flexibility index (Phi) is 3.29. The number of hydrogen-bond donors (Lipinski definition) is 1. The van der Waals surface area contributed by atoms with Gasteiger partial charge in [-0.15, -0.1) is 0 Å². The van der Waals surface area contributed by atoms with E-state index in [1.807, 2.05) is 10.8 Å². The summed E-state index contributed by atoms with van der Waals surface area (Å²) < 4.78 is 2.01. The second kappa shape index (κ2) is 4.26. The van der Waals surface area contributed by atoms with Crippen molar-refractivity contribution >= 4 is 0 Å². The van der Waals surface area contributed by atoms with Crippen molar-refractivity contribution < 1.29 is 5.11 Å². The summed E-state index contributed by atoms with van der Waals surface area (Å²) in [7, 11) is 0. The summed E-state index contributed by atoms with van der Waals surface area (Å²) in [6.07, 6.45) is 5.48. The molecule has 0 aliphatic carbocycles. The first-order valence-electron chi connectivity index (χ1n) is 4.42. The first-order chi connectivity index (χ1) is 5.74. The SMILES string of the molecule is CCCc1nccn1C[C@H](C)O. The molecule has 1 rings (SSSR count). The fourth-order valence-electron chi connectivity index (χ4n) is 1.24. The van der Waals surface area contributed by atoms with Gasteiger partial charge in [0.05, 0.1) is 6.10 Å². The minimum atomic E-state index is -0.296. The molecule has 0 amide bonds. The van der Waals surface area contributed by atoms with Crippen LogP contribution in [0, 0.1) is 0 Å². The molecule has 68 valence electrons. The van der Waals surface area contributed by atoms with Crippen LogP contribution in [0.25, 0.3) is 0 Å². The van der Waals surface area contributed by atoms with Crippen molar-refractivity contribution in [3.8, 4) is 0 Å². The van der Waals surface area contributed by atoms with Crippen LogP contribution in [0.15, 0.2) is 12.4 Å². The van der Waals surface area contributed by atoms with Gasteiger partial charge >= 0.3 is 0 Å². The fraction of sp³-hybridized carbons (Fsp3) is 0.667. The molecule has 0 bridgehead atoms. The van der Waals surface area contributed by atoms with E-state index in [-0.39, 0.29) is 6.10 Å². The maximum absolute atomic E-state index is 9.17. The summed E-state index contributed by atoms with van der Waals surface area (Å²) in [6.45, 7) is 4.56. The van der Waals surface area contributed by atoms with Gasteiger partial charge in [0.15, 0.2) is 0 Å². The molecule has 0 saturated heterocycles. The summed E-state index contributed by atoms with van der Waals surface area (Å²) in [6, 6.07) is 0. The van der Waals surface area contributed by atoms with Crippen molar-refractivity contribution in [1.82, 2.24) is 9.55 Å². The fourth-order valence-corrected chi connectivity index (χ4v) is 1.24. The first-order valence-corrected chi connectivity index (χ1v) is 4.42. The molecule has 0 radical (unpaired) electrons. The van der Waals surface area contributed by atoms with Crippen LogP contribution in [0.4, 0.5) is 0 Å². The summed E-state index contributed by atoms with van der Waals surface area (Å²) in [5.41, 5.74) is 0. The number of aryl methyl sites for hydroxylation is 1. The van der Waals surface area contributed by atoms with E-state index in [1.165, 1.54) is 0 Å². The zero-order valence-electron chi connectivity index (χ0n) is 7.70. The number of rotatable bonds is 4. The standard InChI is InChI=1S/C9H16N2O/c1-3-4-9-10-5-6-11(9)7-8(2)12/h5-6,8,12H,3-4,7H2,1-2H3/t8-/m0/s1. The Labute approximate surface area is 73.1 Å². The lowest BCUT2D eigenvalue weighted by Gasteiger charge is -2.08. The largest absolute Gasteiger partial charge is 0.392 e. The van der Waals surface area contributed by atoms with Gasteiger partial charge in [-0.2, -0.15) is 0 Å². The molecule has 1 heterocycles. The van der Waals surface area contributed by atoms with Crippen molar-refractivity contribution in [2.24, 2.45) is 0 Å². The van der Waals surface area contributed by atoms with Crippen LogP contribution in [-0.4, -0.2) is 20.8 Å². The molecule has 12 heavy (non-hydrogen) atoms. The molecule has 3 heteroatoms. The number of hydrogen-bond acceptors (Lipinski definition) is 2. The molecular formula is C9H16N2O. The van der Waals surface area contributed by atoms with Crippen molar-refractivity contribution in [3.63, 3.8) is 0 Å². The zero-order chi connectivity index (χ0) is 8.97. The van der Waals surface area contributed by atoms with Gasteiger partial charge in [0.1, 0.15) is 5.82 Å². The molecule has 3 nitrogen and oxygen atoms in total. The molecule has 0 spiro atoms. The Morgan fingerprint density at radius 3 is 3.00 bits per heavy atom. The number of imidazole rings is 1. The number of aromatic nitrogens is 2. The highest BCUT2D eigenvalue weighted by Gasteiger charge is 2.03. The average Bonchev–Trinajstić information content (AvgIpc) is 2.37. The monoisotopic (exact) mass is 168 g/mol. The maximum Gasteiger partial charge on any atom is 0.108 e. The van der Waals surface area contributed by atoms with Crippen molar-refractivity contribution in [2.75, 3.05) is 0 Å². The quantitative estimate of drug-likeness (QED) is 0.734. The van der Waals surface area contributed by atoms with Crippen LogP contribution in [0.1, 0.15) is 26.1 Å². The van der Waals surface area contributed by atoms with Crippen LogP contribution >= 0.6 is 0 Å². The third-order valence-electron chi connectivity index (χ3n) is 1.74. The molecule has 1 aromatic rings. The van der Waals surface area contributed by atoms with Crippen molar-refractivity contribution in [2.45, 2.75) is 39.3 Å². The molecule has 1 N–H and O–H groups in total. The molecule has 0 fully saturated rings. The molecule has 0 aliphatic rings. The summed E-state index contributed by atoms with van der Waals surface area (Å²) >= 11 is 0. The van der Waals surface area contributed by atoms with E-state index in [0.717, 1.165) is 18.7 Å². The van der Waals surface area contributed by atoms with E-state index >= 15 is 0 Å². The first kappa shape index (κ1) is 9.26. The van der Waals surface area contributed by atoms with Gasteiger partial charge in [-0.25, -0.2) is 4.98 Å². The molecule has 0 unspecified atom stereocenters. The minimum Gasteiger partial charge on any atom is -0.392 e. The topological polar surface area (TPSA) is 38.0 Å². The summed E-state index contributed by atoms with van der Waals surface area (Å²) in [5, 5.41) is 9.17. The molecular weight excluding hydrogens is 152 g/mol. The van der Waals surface area contributed by atoms with Crippen LogP contribution in [0.2, 0.25) is 0 Å². The van der Waals surface area contributed by atoms with E-state index in [0.29, 0.717) is 6.54 Å². The van der Waals surface area contributed by atoms with Gasteiger partial charge < -0.3 is 9.67 Å². The number of aliphatic hydroxyl groups is 1. The predicted octanol–water partition coefficient (Wildman–Crippen LogP) is 1.22. The van der Waals surface area contributed by atoms with Crippen LogP contribution < -0.4 is 0 Å².